The number of likely N-dealkylation sites (N-methyl/N-ethyl adjacent to an activating group) is 1. The maximum Gasteiger partial charge on any atom is 0.327 e. The molecule has 2 aromatic carbocycles. The molecule has 2 aliphatic heterocycles. The molecule has 0 bridgehead atoms. The summed E-state index contributed by atoms with van der Waals surface area (Å²) in [5.74, 6) is -1.71. The molecule has 2 heterocycles. The Balaban J connectivity index is 1.47. The third-order valence-corrected chi connectivity index (χ3v) is 5.69. The Morgan fingerprint density at radius 3 is 2.14 bits per heavy atom. The molecular weight excluding hydrogens is 394 g/mol. The smallest absolute Gasteiger partial charge is 0.327 e. The van der Waals surface area contributed by atoms with Crippen LogP contribution in [0.25, 0.3) is 0 Å². The highest BCUT2D eigenvalue weighted by Crippen LogP contribution is 2.47. The molecule has 148 valence electrons. The number of rotatable bonds is 4. The summed E-state index contributed by atoms with van der Waals surface area (Å²) in [6, 6.07) is 14.4. The van der Waals surface area contributed by atoms with Crippen LogP contribution in [0.4, 0.5) is 16.2 Å². The van der Waals surface area contributed by atoms with E-state index in [-0.39, 0.29) is 6.54 Å². The quantitative estimate of drug-likeness (QED) is 0.567. The lowest BCUT2D eigenvalue weighted by Crippen LogP contribution is -2.38. The number of amides is 4. The van der Waals surface area contributed by atoms with E-state index in [2.05, 4.69) is 0 Å². The molecule has 4 rings (SSSR count). The monoisotopic (exact) mass is 411 g/mol. The number of benzene rings is 2. The number of ether oxygens (including phenoxy) is 1. The van der Waals surface area contributed by atoms with Crippen LogP contribution in [-0.4, -0.2) is 60.4 Å². The van der Waals surface area contributed by atoms with Gasteiger partial charge in [0.25, 0.3) is 11.8 Å². The summed E-state index contributed by atoms with van der Waals surface area (Å²) >= 11 is 1.56. The van der Waals surface area contributed by atoms with Crippen molar-refractivity contribution in [1.82, 2.24) is 9.80 Å². The van der Waals surface area contributed by atoms with Gasteiger partial charge < -0.3 is 9.64 Å². The second-order valence-electron chi connectivity index (χ2n) is 6.55. The fraction of sp³-hybridized carbons (Fsp3) is 0.200. The summed E-state index contributed by atoms with van der Waals surface area (Å²) in [7, 11) is 1.47. The van der Waals surface area contributed by atoms with Crippen molar-refractivity contribution in [2.75, 3.05) is 31.6 Å². The van der Waals surface area contributed by atoms with Crippen LogP contribution in [0.1, 0.15) is 0 Å². The second-order valence-corrected chi connectivity index (χ2v) is 7.63. The van der Waals surface area contributed by atoms with Gasteiger partial charge in [0, 0.05) is 16.8 Å². The first kappa shape index (κ1) is 19.0. The van der Waals surface area contributed by atoms with Gasteiger partial charge in [0.1, 0.15) is 13.1 Å². The highest BCUT2D eigenvalue weighted by Gasteiger charge is 2.35. The molecule has 4 amide bonds. The van der Waals surface area contributed by atoms with Gasteiger partial charge in [-0.1, -0.05) is 36.0 Å². The van der Waals surface area contributed by atoms with Crippen LogP contribution in [0.5, 0.6) is 0 Å². The number of hydrogen-bond donors (Lipinski definition) is 0. The van der Waals surface area contributed by atoms with Crippen molar-refractivity contribution in [2.24, 2.45) is 0 Å². The van der Waals surface area contributed by atoms with E-state index in [9.17, 15) is 19.2 Å². The van der Waals surface area contributed by atoms with E-state index in [1.165, 1.54) is 16.8 Å². The van der Waals surface area contributed by atoms with Gasteiger partial charge in [-0.05, 0) is 24.3 Å². The Hall–Kier alpha value is -3.33. The van der Waals surface area contributed by atoms with Crippen molar-refractivity contribution < 1.29 is 23.9 Å². The first-order chi connectivity index (χ1) is 14.0. The summed E-state index contributed by atoms with van der Waals surface area (Å²) in [6.07, 6.45) is 0. The Morgan fingerprint density at radius 2 is 1.59 bits per heavy atom. The van der Waals surface area contributed by atoms with Crippen LogP contribution in [0.3, 0.4) is 0 Å². The summed E-state index contributed by atoms with van der Waals surface area (Å²) in [4.78, 5) is 54.1. The van der Waals surface area contributed by atoms with Gasteiger partial charge in [0.2, 0.25) is 0 Å². The number of esters is 1. The van der Waals surface area contributed by atoms with Crippen molar-refractivity contribution in [2.45, 2.75) is 9.79 Å². The Morgan fingerprint density at radius 1 is 1.00 bits per heavy atom. The number of imide groups is 1. The molecule has 9 heteroatoms. The third kappa shape index (κ3) is 3.56. The largest absolute Gasteiger partial charge is 0.454 e. The van der Waals surface area contributed by atoms with E-state index in [0.717, 1.165) is 14.7 Å². The first-order valence-electron chi connectivity index (χ1n) is 8.85. The maximum absolute atomic E-state index is 12.9. The van der Waals surface area contributed by atoms with E-state index in [0.29, 0.717) is 11.4 Å². The van der Waals surface area contributed by atoms with Crippen LogP contribution in [0, 0.1) is 0 Å². The molecule has 2 aromatic rings. The van der Waals surface area contributed by atoms with Gasteiger partial charge >= 0.3 is 12.0 Å². The predicted molar refractivity (Wildman–Crippen MR) is 105 cm³/mol. The van der Waals surface area contributed by atoms with E-state index in [1.54, 1.807) is 11.8 Å². The fourth-order valence-electron chi connectivity index (χ4n) is 3.18. The topological polar surface area (TPSA) is 87.2 Å². The molecule has 0 aromatic heterocycles. The van der Waals surface area contributed by atoms with Crippen molar-refractivity contribution in [3.05, 3.63) is 48.5 Å². The molecule has 8 nitrogen and oxygen atoms in total. The molecule has 0 N–H and O–H groups in total. The van der Waals surface area contributed by atoms with Crippen LogP contribution < -0.4 is 4.90 Å². The van der Waals surface area contributed by atoms with Gasteiger partial charge in [0.05, 0.1) is 11.4 Å². The van der Waals surface area contributed by atoms with Crippen LogP contribution in [0.2, 0.25) is 0 Å². The molecule has 0 atom stereocenters. The standard InChI is InChI=1S/C20H17N3O5S/c1-21-10-17(24)22(20(21)27)11-19(26)28-12-18(25)23-13-6-2-4-8-15(13)29-16-9-5-3-7-14(16)23/h2-9H,10-12H2,1H3. The van der Waals surface area contributed by atoms with Crippen LogP contribution >= 0.6 is 11.8 Å². The number of urea groups is 1. The zero-order chi connectivity index (χ0) is 20.5. The summed E-state index contributed by atoms with van der Waals surface area (Å²) in [5, 5.41) is 0. The molecule has 1 fully saturated rings. The molecule has 0 saturated carbocycles. The van der Waals surface area contributed by atoms with E-state index < -0.39 is 37.0 Å². The molecule has 1 saturated heterocycles. The molecule has 0 radical (unpaired) electrons. The number of carbonyl (C=O) groups is 4. The predicted octanol–water partition coefficient (Wildman–Crippen LogP) is 2.25. The van der Waals surface area contributed by atoms with Gasteiger partial charge in [-0.3, -0.25) is 24.2 Å². The zero-order valence-electron chi connectivity index (χ0n) is 15.5. The maximum atomic E-state index is 12.9. The van der Waals surface area contributed by atoms with Crippen molar-refractivity contribution >= 4 is 47.0 Å². The van der Waals surface area contributed by atoms with E-state index in [4.69, 9.17) is 4.74 Å². The Bertz CT molecular complexity index is 979. The van der Waals surface area contributed by atoms with Gasteiger partial charge in [-0.15, -0.1) is 0 Å². The summed E-state index contributed by atoms with van der Waals surface area (Å²) < 4.78 is 5.08. The highest BCUT2D eigenvalue weighted by atomic mass is 32.2. The lowest BCUT2D eigenvalue weighted by molar-refractivity contribution is -0.149. The zero-order valence-corrected chi connectivity index (χ0v) is 16.3. The van der Waals surface area contributed by atoms with E-state index >= 15 is 0 Å². The number of nitrogens with zero attached hydrogens (tertiary/aromatic N) is 3. The third-order valence-electron chi connectivity index (χ3n) is 4.56. The first-order valence-corrected chi connectivity index (χ1v) is 9.67. The molecule has 2 aliphatic rings. The average molecular weight is 411 g/mol. The van der Waals surface area contributed by atoms with Crippen LogP contribution in [0.15, 0.2) is 58.3 Å². The van der Waals surface area contributed by atoms with Gasteiger partial charge in [-0.25, -0.2) is 4.79 Å². The highest BCUT2D eigenvalue weighted by molar-refractivity contribution is 7.99. The van der Waals surface area contributed by atoms with Crippen LogP contribution in [-0.2, 0) is 19.1 Å². The minimum Gasteiger partial charge on any atom is -0.454 e. The number of para-hydroxylation sites is 2. The lowest BCUT2D eigenvalue weighted by atomic mass is 10.2. The molecule has 29 heavy (non-hydrogen) atoms. The van der Waals surface area contributed by atoms with Crippen molar-refractivity contribution in [3.8, 4) is 0 Å². The summed E-state index contributed by atoms with van der Waals surface area (Å²) in [5.41, 5.74) is 1.42. The number of hydrogen-bond acceptors (Lipinski definition) is 6. The molecule has 0 spiro atoms. The summed E-state index contributed by atoms with van der Waals surface area (Å²) in [6.45, 7) is -1.10. The lowest BCUT2D eigenvalue weighted by Gasteiger charge is -2.30. The SMILES string of the molecule is CN1CC(=O)N(CC(=O)OCC(=O)N2c3ccccc3Sc3ccccc32)C1=O. The minimum atomic E-state index is -0.816. The second kappa shape index (κ2) is 7.59. The fourth-order valence-corrected chi connectivity index (χ4v) is 4.24. The van der Waals surface area contributed by atoms with Gasteiger partial charge in [0.15, 0.2) is 6.61 Å². The van der Waals surface area contributed by atoms with Crippen molar-refractivity contribution in [1.29, 1.82) is 0 Å². The number of carbonyl (C=O) groups excluding carboxylic acids is 4. The molecular formula is C20H17N3O5S. The molecule has 0 aliphatic carbocycles. The van der Waals surface area contributed by atoms with Crippen molar-refractivity contribution in [3.63, 3.8) is 0 Å². The van der Waals surface area contributed by atoms with E-state index in [1.807, 2.05) is 48.5 Å². The van der Waals surface area contributed by atoms with Gasteiger partial charge in [-0.2, -0.15) is 0 Å². The Kier molecular flexibility index (Phi) is 4.98. The Labute approximate surface area is 171 Å². The molecule has 0 unspecified atom stereocenters. The average Bonchev–Trinajstić information content (AvgIpc) is 2.96. The normalized spacial score (nSPS) is 15.3. The number of anilines is 2. The minimum absolute atomic E-state index is 0.0793. The number of fused-ring (bicyclic) bond motifs is 2.